The first-order valence-corrected chi connectivity index (χ1v) is 8.91. The summed E-state index contributed by atoms with van der Waals surface area (Å²) in [5.41, 5.74) is 0.661. The normalized spacial score (nSPS) is 10.7. The zero-order chi connectivity index (χ0) is 20.8. The Morgan fingerprint density at radius 1 is 0.857 bits per heavy atom. The Bertz CT molecular complexity index is 860. The molecule has 1 amide bonds. The first-order chi connectivity index (χ1) is 13.2. The van der Waals surface area contributed by atoms with Crippen molar-refractivity contribution in [1.82, 2.24) is 0 Å². The highest BCUT2D eigenvalue weighted by atomic mass is 16.5. The van der Waals surface area contributed by atoms with Crippen molar-refractivity contribution in [3.63, 3.8) is 0 Å². The van der Waals surface area contributed by atoms with Crippen molar-refractivity contribution >= 4 is 17.6 Å². The third-order valence-corrected chi connectivity index (χ3v) is 3.63. The van der Waals surface area contributed by atoms with Crippen LogP contribution >= 0.6 is 0 Å². The Labute approximate surface area is 164 Å². The monoisotopic (exact) mass is 387 g/mol. The van der Waals surface area contributed by atoms with Crippen LogP contribution in [0.15, 0.2) is 36.4 Å². The van der Waals surface area contributed by atoms with E-state index in [0.717, 1.165) is 0 Å². The van der Waals surface area contributed by atoms with Gasteiger partial charge in [0.15, 0.2) is 11.5 Å². The van der Waals surface area contributed by atoms with E-state index < -0.39 is 11.9 Å². The van der Waals surface area contributed by atoms with Crippen molar-refractivity contribution < 1.29 is 28.9 Å². The lowest BCUT2D eigenvalue weighted by Crippen LogP contribution is -2.15. The van der Waals surface area contributed by atoms with Crippen LogP contribution < -0.4 is 19.5 Å². The summed E-state index contributed by atoms with van der Waals surface area (Å²) in [6.07, 6.45) is -0.179. The highest BCUT2D eigenvalue weighted by Gasteiger charge is 2.16. The number of carbonyl (C=O) groups excluding carboxylic acids is 1. The Balaban J connectivity index is 2.33. The van der Waals surface area contributed by atoms with Crippen molar-refractivity contribution in [3.05, 3.63) is 47.5 Å². The minimum absolute atomic E-state index is 0.0388. The van der Waals surface area contributed by atoms with Gasteiger partial charge in [0.05, 0.1) is 30.6 Å². The molecule has 150 valence electrons. The van der Waals surface area contributed by atoms with E-state index in [-0.39, 0.29) is 23.5 Å². The van der Waals surface area contributed by atoms with E-state index in [2.05, 4.69) is 5.32 Å². The number of nitrogens with one attached hydrogen (secondary N) is 1. The molecule has 2 N–H and O–H groups in total. The molecule has 0 atom stereocenters. The molecular formula is C21H25NO6. The molecule has 0 spiro atoms. The highest BCUT2D eigenvalue weighted by Crippen LogP contribution is 2.31. The number of anilines is 1. The van der Waals surface area contributed by atoms with Gasteiger partial charge in [-0.2, -0.15) is 0 Å². The molecule has 0 radical (unpaired) electrons. The number of carboxylic acid groups (broad SMARTS) is 1. The maximum absolute atomic E-state index is 12.7. The van der Waals surface area contributed by atoms with E-state index in [1.165, 1.54) is 25.3 Å². The second-order valence-electron chi connectivity index (χ2n) is 6.67. The summed E-state index contributed by atoms with van der Waals surface area (Å²) < 4.78 is 16.6. The number of hydrogen-bond acceptors (Lipinski definition) is 5. The number of aromatic carboxylic acids is 1. The van der Waals surface area contributed by atoms with E-state index in [1.807, 2.05) is 27.7 Å². The molecule has 2 aromatic carbocycles. The van der Waals surface area contributed by atoms with Gasteiger partial charge in [-0.1, -0.05) is 0 Å². The molecule has 0 unspecified atom stereocenters. The van der Waals surface area contributed by atoms with Gasteiger partial charge in [-0.15, -0.1) is 0 Å². The van der Waals surface area contributed by atoms with Crippen molar-refractivity contribution in [1.29, 1.82) is 0 Å². The van der Waals surface area contributed by atoms with Crippen molar-refractivity contribution in [2.45, 2.75) is 39.9 Å². The number of ether oxygens (including phenoxy) is 3. The third-order valence-electron chi connectivity index (χ3n) is 3.63. The standard InChI is InChI=1S/C21H25NO6/c1-12(2)27-17-8-7-15(21(24)25)10-16(17)22-20(23)14-6-9-18(28-13(3)4)19(11-14)26-5/h6-13H,1-5H3,(H,22,23)(H,24,25). The van der Waals surface area contributed by atoms with Gasteiger partial charge in [0.1, 0.15) is 5.75 Å². The first-order valence-electron chi connectivity index (χ1n) is 8.91. The number of carbonyl (C=O) groups is 2. The summed E-state index contributed by atoms with van der Waals surface area (Å²) in [6.45, 7) is 7.47. The SMILES string of the molecule is COc1cc(C(=O)Nc2cc(C(=O)O)ccc2OC(C)C)ccc1OC(C)C. The Morgan fingerprint density at radius 3 is 2.00 bits per heavy atom. The van der Waals surface area contributed by atoms with Gasteiger partial charge in [-0.3, -0.25) is 4.79 Å². The van der Waals surface area contributed by atoms with E-state index >= 15 is 0 Å². The number of hydrogen-bond donors (Lipinski definition) is 2. The lowest BCUT2D eigenvalue weighted by Gasteiger charge is -2.17. The molecule has 2 rings (SSSR count). The van der Waals surface area contributed by atoms with E-state index in [4.69, 9.17) is 14.2 Å². The summed E-state index contributed by atoms with van der Waals surface area (Å²) in [6, 6.07) is 9.16. The fraction of sp³-hybridized carbons (Fsp3) is 0.333. The molecule has 7 heteroatoms. The summed E-state index contributed by atoms with van der Waals surface area (Å²) >= 11 is 0. The smallest absolute Gasteiger partial charge is 0.335 e. The predicted octanol–water partition coefficient (Wildman–Crippen LogP) is 4.22. The number of carboxylic acids is 1. The van der Waals surface area contributed by atoms with Crippen LogP contribution in [0.1, 0.15) is 48.4 Å². The second kappa shape index (κ2) is 9.12. The Kier molecular flexibility index (Phi) is 6.87. The lowest BCUT2D eigenvalue weighted by molar-refractivity contribution is 0.0696. The largest absolute Gasteiger partial charge is 0.493 e. The molecule has 0 saturated carbocycles. The van der Waals surface area contributed by atoms with Crippen molar-refractivity contribution in [3.8, 4) is 17.2 Å². The number of amides is 1. The van der Waals surface area contributed by atoms with Gasteiger partial charge in [0, 0.05) is 5.56 Å². The molecule has 28 heavy (non-hydrogen) atoms. The molecular weight excluding hydrogens is 362 g/mol. The number of methoxy groups -OCH3 is 1. The Morgan fingerprint density at radius 2 is 1.43 bits per heavy atom. The fourth-order valence-corrected chi connectivity index (χ4v) is 2.47. The topological polar surface area (TPSA) is 94.1 Å². The molecule has 0 bridgehead atoms. The van der Waals surface area contributed by atoms with E-state index in [0.29, 0.717) is 22.8 Å². The summed E-state index contributed by atoms with van der Waals surface area (Å²) in [5, 5.41) is 11.9. The maximum atomic E-state index is 12.7. The van der Waals surface area contributed by atoms with Crippen molar-refractivity contribution in [2.24, 2.45) is 0 Å². The van der Waals surface area contributed by atoms with Crippen molar-refractivity contribution in [2.75, 3.05) is 12.4 Å². The molecule has 0 fully saturated rings. The summed E-state index contributed by atoms with van der Waals surface area (Å²) in [4.78, 5) is 24.0. The number of benzene rings is 2. The van der Waals surface area contributed by atoms with Gasteiger partial charge >= 0.3 is 5.97 Å². The average Bonchev–Trinajstić information content (AvgIpc) is 2.62. The van der Waals surface area contributed by atoms with Crippen LogP contribution in [0.25, 0.3) is 0 Å². The third kappa shape index (κ3) is 5.39. The molecule has 0 heterocycles. The van der Waals surface area contributed by atoms with Gasteiger partial charge in [0.2, 0.25) is 0 Å². The molecule has 0 aromatic heterocycles. The van der Waals surface area contributed by atoms with E-state index in [9.17, 15) is 14.7 Å². The Hall–Kier alpha value is -3.22. The van der Waals surface area contributed by atoms with Gasteiger partial charge in [0.25, 0.3) is 5.91 Å². The molecule has 0 aliphatic rings. The van der Waals surface area contributed by atoms with Crippen LogP contribution in [-0.2, 0) is 0 Å². The molecule has 7 nitrogen and oxygen atoms in total. The molecule has 0 aliphatic carbocycles. The van der Waals surface area contributed by atoms with Gasteiger partial charge < -0.3 is 24.6 Å². The minimum atomic E-state index is -1.09. The van der Waals surface area contributed by atoms with Crippen LogP contribution in [0.5, 0.6) is 17.2 Å². The van der Waals surface area contributed by atoms with Crippen LogP contribution in [0, 0.1) is 0 Å². The molecule has 0 saturated heterocycles. The zero-order valence-electron chi connectivity index (χ0n) is 16.6. The summed E-state index contributed by atoms with van der Waals surface area (Å²) in [7, 11) is 1.50. The van der Waals surface area contributed by atoms with Crippen LogP contribution in [0.2, 0.25) is 0 Å². The van der Waals surface area contributed by atoms with Gasteiger partial charge in [-0.25, -0.2) is 4.79 Å². The van der Waals surface area contributed by atoms with Crippen LogP contribution in [0.3, 0.4) is 0 Å². The van der Waals surface area contributed by atoms with Crippen LogP contribution in [-0.4, -0.2) is 36.3 Å². The minimum Gasteiger partial charge on any atom is -0.493 e. The second-order valence-corrected chi connectivity index (χ2v) is 6.67. The summed E-state index contributed by atoms with van der Waals surface area (Å²) in [5.74, 6) is -0.167. The van der Waals surface area contributed by atoms with Gasteiger partial charge in [-0.05, 0) is 64.1 Å². The maximum Gasteiger partial charge on any atom is 0.335 e. The predicted molar refractivity (Wildman–Crippen MR) is 106 cm³/mol. The van der Waals surface area contributed by atoms with E-state index in [1.54, 1.807) is 18.2 Å². The number of rotatable bonds is 8. The average molecular weight is 387 g/mol. The zero-order valence-corrected chi connectivity index (χ0v) is 16.6. The first kappa shape index (κ1) is 21.1. The quantitative estimate of drug-likeness (QED) is 0.704. The lowest BCUT2D eigenvalue weighted by atomic mass is 10.1. The highest BCUT2D eigenvalue weighted by molar-refractivity contribution is 6.06. The molecule has 2 aromatic rings. The van der Waals surface area contributed by atoms with Crippen LogP contribution in [0.4, 0.5) is 5.69 Å². The molecule has 0 aliphatic heterocycles. The fourth-order valence-electron chi connectivity index (χ4n) is 2.47.